The molecule has 0 N–H and O–H groups in total. The van der Waals surface area contributed by atoms with Crippen molar-refractivity contribution in [2.45, 2.75) is 68.8 Å². The summed E-state index contributed by atoms with van der Waals surface area (Å²) in [5.41, 5.74) is 0. The summed E-state index contributed by atoms with van der Waals surface area (Å²) < 4.78 is 2.20. The van der Waals surface area contributed by atoms with E-state index < -0.39 is 0 Å². The first-order valence-electron chi connectivity index (χ1n) is 7.17. The van der Waals surface area contributed by atoms with E-state index >= 15 is 0 Å². The van der Waals surface area contributed by atoms with E-state index in [0.717, 1.165) is 4.05 Å². The summed E-state index contributed by atoms with van der Waals surface area (Å²) in [6.45, 7) is 5.13. The molecule has 1 atom stereocenters. The molecule has 1 heterocycles. The third-order valence-corrected chi connectivity index (χ3v) is 6.03. The fourth-order valence-corrected chi connectivity index (χ4v) is 3.74. The van der Waals surface area contributed by atoms with E-state index in [1.54, 1.807) is 0 Å². The molecule has 0 amide bonds. The first kappa shape index (κ1) is 14.7. The lowest BCUT2D eigenvalue weighted by atomic mass is 10.1. The lowest BCUT2D eigenvalue weighted by Gasteiger charge is -2.42. The number of piperidine rings is 1. The van der Waals surface area contributed by atoms with Gasteiger partial charge in [-0.1, -0.05) is 32.6 Å². The molecule has 0 bridgehead atoms. The summed E-state index contributed by atoms with van der Waals surface area (Å²) >= 11 is 2.71. The number of hydrogen-bond donors (Lipinski definition) is 0. The molecule has 2 heteroatoms. The van der Waals surface area contributed by atoms with Gasteiger partial charge >= 0.3 is 0 Å². The number of alkyl halides is 1. The van der Waals surface area contributed by atoms with Crippen LogP contribution >= 0.6 is 22.6 Å². The van der Waals surface area contributed by atoms with Gasteiger partial charge < -0.3 is 4.48 Å². The molecule has 0 saturated carbocycles. The minimum Gasteiger partial charge on any atom is -0.316 e. The standard InChI is InChI=1S/C14H29IN/c1-3-4-5-6-8-11-14(15)16(2)12-9-7-10-13-16/h14H,3-13H2,1-2H3/q+1. The van der Waals surface area contributed by atoms with Gasteiger partial charge in [-0.15, -0.1) is 0 Å². The second-order valence-corrected chi connectivity index (χ2v) is 7.06. The van der Waals surface area contributed by atoms with Crippen molar-refractivity contribution in [3.8, 4) is 0 Å². The number of unbranched alkanes of at least 4 members (excludes halogenated alkanes) is 4. The van der Waals surface area contributed by atoms with E-state index in [1.807, 2.05) is 0 Å². The fourth-order valence-electron chi connectivity index (χ4n) is 2.74. The van der Waals surface area contributed by atoms with E-state index in [4.69, 9.17) is 0 Å². The molecular formula is C14H29IN+. The van der Waals surface area contributed by atoms with Crippen molar-refractivity contribution in [2.75, 3.05) is 20.1 Å². The maximum Gasteiger partial charge on any atom is 0.139 e. The van der Waals surface area contributed by atoms with Gasteiger partial charge in [-0.2, -0.15) is 0 Å². The van der Waals surface area contributed by atoms with Gasteiger partial charge in [0.2, 0.25) is 0 Å². The van der Waals surface area contributed by atoms with Crippen LogP contribution in [0.5, 0.6) is 0 Å². The molecule has 96 valence electrons. The summed E-state index contributed by atoms with van der Waals surface area (Å²) in [6.07, 6.45) is 12.9. The van der Waals surface area contributed by atoms with Crippen LogP contribution < -0.4 is 0 Å². The van der Waals surface area contributed by atoms with Gasteiger partial charge in [-0.05, 0) is 48.3 Å². The van der Waals surface area contributed by atoms with Crippen LogP contribution in [0.25, 0.3) is 0 Å². The summed E-state index contributed by atoms with van der Waals surface area (Å²) in [7, 11) is 2.47. The Morgan fingerprint density at radius 3 is 2.25 bits per heavy atom. The molecule has 0 aromatic carbocycles. The minimum absolute atomic E-state index is 0.861. The molecule has 0 radical (unpaired) electrons. The Kier molecular flexibility index (Phi) is 7.29. The lowest BCUT2D eigenvalue weighted by Crippen LogP contribution is -2.52. The normalized spacial score (nSPS) is 21.9. The van der Waals surface area contributed by atoms with E-state index in [9.17, 15) is 0 Å². The lowest BCUT2D eigenvalue weighted by molar-refractivity contribution is -0.920. The van der Waals surface area contributed by atoms with Crippen LogP contribution in [-0.2, 0) is 0 Å². The van der Waals surface area contributed by atoms with E-state index in [2.05, 4.69) is 36.6 Å². The van der Waals surface area contributed by atoms with Crippen LogP contribution in [0, 0.1) is 0 Å². The third kappa shape index (κ3) is 4.91. The summed E-state index contributed by atoms with van der Waals surface area (Å²) in [4.78, 5) is 0. The van der Waals surface area contributed by atoms with Crippen LogP contribution in [0.4, 0.5) is 0 Å². The Morgan fingerprint density at radius 2 is 1.62 bits per heavy atom. The molecule has 1 aliphatic heterocycles. The summed E-state index contributed by atoms with van der Waals surface area (Å²) in [6, 6.07) is 0. The summed E-state index contributed by atoms with van der Waals surface area (Å²) in [5, 5.41) is 0. The Hall–Kier alpha value is 0.690. The predicted molar refractivity (Wildman–Crippen MR) is 81.0 cm³/mol. The highest BCUT2D eigenvalue weighted by molar-refractivity contribution is 14.1. The molecule has 1 aliphatic rings. The van der Waals surface area contributed by atoms with Gasteiger partial charge in [0, 0.05) is 6.42 Å². The highest BCUT2D eigenvalue weighted by atomic mass is 127. The average Bonchev–Trinajstić information content (AvgIpc) is 2.29. The van der Waals surface area contributed by atoms with Crippen molar-refractivity contribution >= 4 is 22.6 Å². The number of nitrogens with zero attached hydrogens (tertiary/aromatic N) is 1. The predicted octanol–water partition coefficient (Wildman–Crippen LogP) is 4.74. The number of hydrogen-bond acceptors (Lipinski definition) is 0. The topological polar surface area (TPSA) is 0 Å². The highest BCUT2D eigenvalue weighted by Gasteiger charge is 2.31. The smallest absolute Gasteiger partial charge is 0.139 e. The maximum atomic E-state index is 2.71. The van der Waals surface area contributed by atoms with Crippen molar-refractivity contribution < 1.29 is 4.48 Å². The summed E-state index contributed by atoms with van der Waals surface area (Å²) in [5.74, 6) is 0. The highest BCUT2D eigenvalue weighted by Crippen LogP contribution is 2.27. The van der Waals surface area contributed by atoms with Crippen LogP contribution in [0.1, 0.15) is 64.7 Å². The Morgan fingerprint density at radius 1 is 1.00 bits per heavy atom. The Labute approximate surface area is 116 Å². The van der Waals surface area contributed by atoms with Gasteiger partial charge in [-0.25, -0.2) is 0 Å². The second kappa shape index (κ2) is 7.91. The first-order valence-corrected chi connectivity index (χ1v) is 8.42. The number of likely N-dealkylation sites (tertiary alicyclic amines) is 1. The second-order valence-electron chi connectivity index (χ2n) is 5.62. The zero-order chi connectivity index (χ0) is 11.9. The third-order valence-electron chi connectivity index (χ3n) is 4.06. The van der Waals surface area contributed by atoms with Crippen LogP contribution in [-0.4, -0.2) is 28.7 Å². The molecule has 0 aromatic heterocycles. The van der Waals surface area contributed by atoms with Gasteiger partial charge in [0.1, 0.15) is 4.05 Å². The quantitative estimate of drug-likeness (QED) is 0.207. The van der Waals surface area contributed by atoms with Crippen molar-refractivity contribution in [2.24, 2.45) is 0 Å². The van der Waals surface area contributed by atoms with Gasteiger partial charge in [-0.3, -0.25) is 0 Å². The maximum absolute atomic E-state index is 2.71. The molecule has 1 saturated heterocycles. The van der Waals surface area contributed by atoms with E-state index in [1.165, 1.54) is 75.4 Å². The van der Waals surface area contributed by atoms with Crippen molar-refractivity contribution in [3.63, 3.8) is 0 Å². The number of quaternary nitrogens is 1. The number of rotatable bonds is 7. The van der Waals surface area contributed by atoms with Crippen molar-refractivity contribution in [3.05, 3.63) is 0 Å². The molecule has 0 spiro atoms. The number of halogens is 1. The van der Waals surface area contributed by atoms with E-state index in [0.29, 0.717) is 0 Å². The average molecular weight is 338 g/mol. The Balaban J connectivity index is 2.15. The van der Waals surface area contributed by atoms with Crippen LogP contribution in [0.15, 0.2) is 0 Å². The molecule has 0 aliphatic carbocycles. The van der Waals surface area contributed by atoms with E-state index in [-0.39, 0.29) is 0 Å². The fraction of sp³-hybridized carbons (Fsp3) is 1.00. The molecule has 1 nitrogen and oxygen atoms in total. The largest absolute Gasteiger partial charge is 0.316 e. The SMILES string of the molecule is CCCCCCCC(I)[N+]1(C)CCCCC1. The minimum atomic E-state index is 0.861. The molecule has 1 fully saturated rings. The van der Waals surface area contributed by atoms with Gasteiger partial charge in [0.15, 0.2) is 0 Å². The van der Waals surface area contributed by atoms with Crippen LogP contribution in [0.3, 0.4) is 0 Å². The molecule has 16 heavy (non-hydrogen) atoms. The van der Waals surface area contributed by atoms with Crippen molar-refractivity contribution in [1.82, 2.24) is 0 Å². The monoisotopic (exact) mass is 338 g/mol. The molecule has 1 rings (SSSR count). The molecular weight excluding hydrogens is 309 g/mol. The van der Waals surface area contributed by atoms with Gasteiger partial charge in [0.05, 0.1) is 20.1 Å². The Bertz CT molecular complexity index is 176. The zero-order valence-corrected chi connectivity index (χ0v) is 13.3. The zero-order valence-electron chi connectivity index (χ0n) is 11.2. The molecule has 1 unspecified atom stereocenters. The van der Waals surface area contributed by atoms with Crippen LogP contribution in [0.2, 0.25) is 0 Å². The van der Waals surface area contributed by atoms with Gasteiger partial charge in [0.25, 0.3) is 0 Å². The first-order chi connectivity index (χ1) is 7.69. The van der Waals surface area contributed by atoms with Crippen molar-refractivity contribution in [1.29, 1.82) is 0 Å². The molecule has 0 aromatic rings.